The molecule has 2 amide bonds. The summed E-state index contributed by atoms with van der Waals surface area (Å²) >= 11 is 6.25. The molecule has 0 aliphatic carbocycles. The zero-order valence-electron chi connectivity index (χ0n) is 88.0. The summed E-state index contributed by atoms with van der Waals surface area (Å²) in [5, 5.41) is 16.3. The Bertz CT molecular complexity index is 7450. The third kappa shape index (κ3) is 25.9. The minimum atomic E-state index is -0.546. The van der Waals surface area contributed by atoms with Crippen LogP contribution in [-0.4, -0.2) is 163 Å². The van der Waals surface area contributed by atoms with Gasteiger partial charge in [-0.05, 0) is 313 Å². The van der Waals surface area contributed by atoms with Crippen molar-refractivity contribution in [2.45, 2.75) is 286 Å². The largest absolute Gasteiger partial charge is 0.444 e. The fraction of sp³-hybridized carbons (Fsp3) is 0.439. The van der Waals surface area contributed by atoms with Crippen molar-refractivity contribution >= 4 is 125 Å². The molecule has 0 fully saturated rings. The lowest BCUT2D eigenvalue weighted by atomic mass is 9.88. The fourth-order valence-electron chi connectivity index (χ4n) is 16.5. The number of pyridine rings is 4. The van der Waals surface area contributed by atoms with E-state index in [4.69, 9.17) is 25.2 Å². The van der Waals surface area contributed by atoms with Crippen LogP contribution in [0.5, 0.6) is 0 Å². The number of rotatable bonds is 13. The number of fused-ring (bicyclic) bond motifs is 7. The maximum Gasteiger partial charge on any atom is 0.410 e. The maximum absolute atomic E-state index is 13.4. The highest BCUT2D eigenvalue weighted by Gasteiger charge is 2.32. The summed E-state index contributed by atoms with van der Waals surface area (Å²) in [5.41, 5.74) is 21.0. The van der Waals surface area contributed by atoms with Gasteiger partial charge in [0.2, 0.25) is 11.9 Å². The number of benzene rings is 3. The molecule has 3 aromatic carbocycles. The van der Waals surface area contributed by atoms with E-state index in [0.717, 1.165) is 81.8 Å². The number of nitrogens with zero attached hydrogens (tertiary/aromatic N) is 21. The van der Waals surface area contributed by atoms with Crippen LogP contribution in [0.1, 0.15) is 260 Å². The number of amides is 2. The number of hydrogen-bond acceptors (Lipinski definition) is 26. The van der Waals surface area contributed by atoms with Crippen LogP contribution in [0.25, 0.3) is 61.6 Å². The van der Waals surface area contributed by atoms with Gasteiger partial charge in [-0.2, -0.15) is 9.97 Å². The Kier molecular flexibility index (Phi) is 33.1. The molecule has 0 radical (unpaired) electrons. The molecule has 0 saturated heterocycles. The SMILES string of the molecule is CC(C)(C)OC(=O)N1CCc2ccc(N)cc2C1.CC(C)(C)c1ccnc(Br)c1.CC(C)n1c(=O)c2cnc(Nc3ccc4c(c3)CN(C(=O)OC(C)(C)C)CC4)nc2n1-c1cc(C(C)(C)C)ccn1.CC(C)n1c(=O)c2cnc(Nc3ccc4c(c3)CNCC4)nc2n1-c1cc(C(C)(C)C)ccn1.CSc1ncc2c(=O)n(C(C)C)[nH]c2n1.CSc1ncc2c(=O)n(C(C)C)n(-c3cc(C(C)(C)C)ccn3)c2n1. The van der Waals surface area contributed by atoms with Crippen LogP contribution in [-0.2, 0) is 70.0 Å². The van der Waals surface area contributed by atoms with Gasteiger partial charge >= 0.3 is 12.2 Å². The van der Waals surface area contributed by atoms with Gasteiger partial charge < -0.3 is 41.0 Å². The molecule has 0 unspecified atom stereocenters. The number of anilines is 5. The molecule has 0 saturated carbocycles. The van der Waals surface area contributed by atoms with Crippen molar-refractivity contribution in [3.05, 3.63) is 254 Å². The predicted octanol–water partition coefficient (Wildman–Crippen LogP) is 20.8. The second kappa shape index (κ2) is 44.1. The average molecular weight is 2060 g/mol. The van der Waals surface area contributed by atoms with Gasteiger partial charge in [-0.1, -0.05) is 125 Å². The Labute approximate surface area is 857 Å². The van der Waals surface area contributed by atoms with Crippen molar-refractivity contribution in [3.63, 3.8) is 0 Å². The van der Waals surface area contributed by atoms with E-state index in [2.05, 4.69) is 200 Å². The number of aromatic amines is 1. The van der Waals surface area contributed by atoms with Crippen molar-refractivity contribution in [1.29, 1.82) is 0 Å². The van der Waals surface area contributed by atoms with E-state index in [1.165, 1.54) is 51.3 Å². The lowest BCUT2D eigenvalue weighted by Crippen LogP contribution is -2.39. The zero-order valence-corrected chi connectivity index (χ0v) is 91.3. The number of nitrogens with one attached hydrogen (secondary N) is 4. The van der Waals surface area contributed by atoms with Gasteiger partial charge in [-0.15, -0.1) is 0 Å². The summed E-state index contributed by atoms with van der Waals surface area (Å²) in [6.07, 6.45) is 19.4. The van der Waals surface area contributed by atoms with Gasteiger partial charge in [-0.3, -0.25) is 24.3 Å². The number of aromatic nitrogens is 20. The number of carbonyl (C=O) groups excluding carboxylic acids is 2. The van der Waals surface area contributed by atoms with Crippen LogP contribution in [0.2, 0.25) is 0 Å². The van der Waals surface area contributed by atoms with E-state index >= 15 is 0 Å². The Morgan fingerprint density at radius 1 is 0.410 bits per heavy atom. The lowest BCUT2D eigenvalue weighted by Gasteiger charge is -2.31. The maximum atomic E-state index is 13.4. The molecule has 12 aromatic heterocycles. The highest BCUT2D eigenvalue weighted by Crippen LogP contribution is 2.35. The normalized spacial score (nSPS) is 13.4. The molecule has 762 valence electrons. The molecule has 34 nitrogen and oxygen atoms in total. The van der Waals surface area contributed by atoms with Gasteiger partial charge in [0, 0.05) is 124 Å². The molecular weight excluding hydrogens is 1920 g/mol. The van der Waals surface area contributed by atoms with Gasteiger partial charge in [0.1, 0.15) is 37.4 Å². The molecule has 3 aliphatic rings. The molecule has 18 rings (SSSR count). The summed E-state index contributed by atoms with van der Waals surface area (Å²) in [5.74, 6) is 2.78. The van der Waals surface area contributed by atoms with Crippen LogP contribution >= 0.6 is 39.5 Å². The van der Waals surface area contributed by atoms with Gasteiger partial charge in [0.25, 0.3) is 22.2 Å². The topological polar surface area (TPSA) is 394 Å². The number of hydrogen-bond donors (Lipinski definition) is 5. The molecule has 6 N–H and O–H groups in total. The van der Waals surface area contributed by atoms with E-state index in [-0.39, 0.29) is 80.3 Å². The second-order valence-electron chi connectivity index (χ2n) is 43.2. The van der Waals surface area contributed by atoms with Crippen LogP contribution < -0.4 is 43.9 Å². The third-order valence-electron chi connectivity index (χ3n) is 24.1. The first-order chi connectivity index (χ1) is 67.6. The standard InChI is InChI=1S/C31H39N7O3.C26H31N7O.C18H23N5OS.C14H20N2O2.C9H12BrN.C9H12N4OS/c1-19(2)37-27(39)24-17-33-28(35-26(24)38(37)25-16-22(11-13-32-25)30(3,4)5)34-23-10-9-20-12-14-36(18-21(20)15-23)29(40)41-31(6,7)8;1-16(2)32-24(34)21-15-29-25(30-20-7-6-17-8-10-27-14-18(17)12-20)31-23(21)33(32)22-13-19(9-11-28-22)26(3,4)5;1-11(2)22-16(24)13-10-20-17(25-6)21-15(13)23(22)14-9-12(7-8-19-14)18(3,4)5;1-14(2,3)18-13(17)16-7-6-10-4-5-12(15)8-11(10)9-16;1-9(2,3)7-4-5-11-8(10)6-7;1-5(2)13-8(14)6-4-10-9(15-3)11-7(6)12-13/h9-11,13,15-17,19H,12,14,18H2,1-8H3,(H,33,34,35);6-7,9,11-13,15-16,27H,8,10,14H2,1-5H3,(H,29,30,31);7-11H,1-6H3;4-5,8H,6-7,9,15H2,1-3H3;4-6H,1-3H3;4-5H,1-3H3,(H,10,11,12). The molecule has 37 heteroatoms. The van der Waals surface area contributed by atoms with Crippen molar-refractivity contribution in [1.82, 2.24) is 113 Å². The molecule has 15 aromatic rings. The highest BCUT2D eigenvalue weighted by atomic mass is 79.9. The minimum Gasteiger partial charge on any atom is -0.444 e. The van der Waals surface area contributed by atoms with Crippen molar-refractivity contribution < 1.29 is 19.1 Å². The Balaban J connectivity index is 0.000000152. The summed E-state index contributed by atoms with van der Waals surface area (Å²) in [7, 11) is 0. The number of ether oxygens (including phenoxy) is 2. The monoisotopic (exact) mass is 2060 g/mol. The molecule has 15 heterocycles. The number of H-pyrrole nitrogens is 1. The van der Waals surface area contributed by atoms with Crippen LogP contribution in [0.15, 0.2) is 187 Å². The summed E-state index contributed by atoms with van der Waals surface area (Å²) < 4.78 is 23.9. The highest BCUT2D eigenvalue weighted by molar-refractivity contribution is 9.10. The van der Waals surface area contributed by atoms with E-state index < -0.39 is 11.2 Å². The minimum absolute atomic E-state index is 0.0109. The predicted molar refractivity (Wildman–Crippen MR) is 579 cm³/mol. The molecule has 0 atom stereocenters. The first-order valence-corrected chi connectivity index (χ1v) is 51.8. The molecule has 0 spiro atoms. The van der Waals surface area contributed by atoms with Crippen molar-refractivity contribution in [3.8, 4) is 17.5 Å². The fourth-order valence-corrected chi connectivity index (χ4v) is 17.5. The van der Waals surface area contributed by atoms with Gasteiger partial charge in [0.15, 0.2) is 50.4 Å². The summed E-state index contributed by atoms with van der Waals surface area (Å²) in [6.45, 7) is 57.1. The molecular formula is C107H137BrN26O8S2. The van der Waals surface area contributed by atoms with Crippen LogP contribution in [0.3, 0.4) is 0 Å². The summed E-state index contributed by atoms with van der Waals surface area (Å²) in [6, 6.07) is 34.3. The Morgan fingerprint density at radius 2 is 0.778 bits per heavy atom. The first kappa shape index (κ1) is 108. The van der Waals surface area contributed by atoms with Crippen molar-refractivity contribution in [2.24, 2.45) is 0 Å². The first-order valence-electron chi connectivity index (χ1n) is 48.6. The summed E-state index contributed by atoms with van der Waals surface area (Å²) in [4.78, 5) is 133. The van der Waals surface area contributed by atoms with E-state index in [9.17, 15) is 28.8 Å². The number of nitrogen functional groups attached to an aromatic ring is 1. The molecule has 0 bridgehead atoms. The number of thioether (sulfide) groups is 2. The zero-order chi connectivity index (χ0) is 105. The smallest absolute Gasteiger partial charge is 0.410 e. The number of carbonyl (C=O) groups is 2. The van der Waals surface area contributed by atoms with Crippen LogP contribution in [0, 0.1) is 0 Å². The third-order valence-corrected chi connectivity index (χ3v) is 25.6. The van der Waals surface area contributed by atoms with E-state index in [0.29, 0.717) is 110 Å². The van der Waals surface area contributed by atoms with E-state index in [1.54, 1.807) is 76.6 Å². The van der Waals surface area contributed by atoms with Crippen molar-refractivity contribution in [2.75, 3.05) is 48.5 Å². The van der Waals surface area contributed by atoms with Gasteiger partial charge in [0.05, 0.1) is 0 Å². The molecule has 144 heavy (non-hydrogen) atoms. The van der Waals surface area contributed by atoms with E-state index in [1.807, 2.05) is 198 Å². The van der Waals surface area contributed by atoms with Gasteiger partial charge in [-0.25, -0.2) is 92.2 Å². The second-order valence-corrected chi connectivity index (χ2v) is 45.5. The lowest BCUT2D eigenvalue weighted by molar-refractivity contribution is 0.0214. The number of halogens is 1. The van der Waals surface area contributed by atoms with Crippen LogP contribution in [0.4, 0.5) is 38.5 Å². The molecule has 3 aliphatic heterocycles. The Hall–Kier alpha value is -13.3. The number of nitrogens with two attached hydrogens (primary N) is 1. The quantitative estimate of drug-likeness (QED) is 0.0310. The average Bonchev–Trinajstić information content (AvgIpc) is 1.60. The Morgan fingerprint density at radius 3 is 1.17 bits per heavy atom.